The fourth-order valence-corrected chi connectivity index (χ4v) is 2.16. The summed E-state index contributed by atoms with van der Waals surface area (Å²) in [4.78, 5) is 2.59. The summed E-state index contributed by atoms with van der Waals surface area (Å²) in [5.74, 6) is 0. The Kier molecular flexibility index (Phi) is 5.51. The zero-order chi connectivity index (χ0) is 15.2. The molecule has 21 heavy (non-hydrogen) atoms. The highest BCUT2D eigenvalue weighted by molar-refractivity contribution is 5.13. The van der Waals surface area contributed by atoms with Gasteiger partial charge >= 0.3 is 0 Å². The van der Waals surface area contributed by atoms with Gasteiger partial charge in [-0.3, -0.25) is 0 Å². The van der Waals surface area contributed by atoms with E-state index in [9.17, 15) is 15.3 Å². The van der Waals surface area contributed by atoms with Crippen LogP contribution in [0.5, 0.6) is 0 Å². The van der Waals surface area contributed by atoms with Crippen molar-refractivity contribution in [2.75, 3.05) is 6.61 Å². The van der Waals surface area contributed by atoms with Crippen molar-refractivity contribution in [1.82, 2.24) is 0 Å². The van der Waals surface area contributed by atoms with E-state index in [-0.39, 0.29) is 6.61 Å². The first-order valence-corrected chi connectivity index (χ1v) is 6.49. The highest BCUT2D eigenvalue weighted by Gasteiger charge is 2.45. The number of aliphatic hydroxyl groups is 3. The van der Waals surface area contributed by atoms with Crippen LogP contribution < -0.4 is 0 Å². The second-order valence-electron chi connectivity index (χ2n) is 4.75. The molecule has 1 fully saturated rings. The number of aliphatic hydroxyl groups excluding tert-OH is 3. The summed E-state index contributed by atoms with van der Waals surface area (Å²) in [6.45, 7) is 0.234. The summed E-state index contributed by atoms with van der Waals surface area (Å²) in [6.07, 6.45) is -5.00. The van der Waals surface area contributed by atoms with Crippen molar-refractivity contribution in [3.05, 3.63) is 46.3 Å². The van der Waals surface area contributed by atoms with Gasteiger partial charge in [-0.2, -0.15) is 0 Å². The predicted octanol–water partition coefficient (Wildman–Crippen LogP) is 0.321. The van der Waals surface area contributed by atoms with Crippen molar-refractivity contribution in [3.63, 3.8) is 0 Å². The normalized spacial score (nSPS) is 29.9. The SMILES string of the molecule is [N-]=[N+]=NC1[C@@H](C(O)COCc2ccccc2)O[C@@H](O)[C@H]1O. The first-order valence-electron chi connectivity index (χ1n) is 6.49. The van der Waals surface area contributed by atoms with Crippen molar-refractivity contribution in [1.29, 1.82) is 0 Å². The topological polar surface area (TPSA) is 128 Å². The van der Waals surface area contributed by atoms with Crippen LogP contribution in [-0.4, -0.2) is 52.6 Å². The molecule has 0 saturated carbocycles. The third kappa shape index (κ3) is 3.92. The summed E-state index contributed by atoms with van der Waals surface area (Å²) in [6, 6.07) is 8.35. The third-order valence-corrected chi connectivity index (χ3v) is 3.24. The number of rotatable bonds is 6. The van der Waals surface area contributed by atoms with Crippen molar-refractivity contribution >= 4 is 0 Å². The smallest absolute Gasteiger partial charge is 0.181 e. The Hall–Kier alpha value is -1.67. The van der Waals surface area contributed by atoms with Crippen molar-refractivity contribution in [3.8, 4) is 0 Å². The van der Waals surface area contributed by atoms with E-state index in [1.165, 1.54) is 0 Å². The minimum absolute atomic E-state index is 0.0730. The Morgan fingerprint density at radius 3 is 2.71 bits per heavy atom. The van der Waals surface area contributed by atoms with Crippen molar-refractivity contribution in [2.45, 2.75) is 37.3 Å². The second kappa shape index (κ2) is 7.37. The predicted molar refractivity (Wildman–Crippen MR) is 71.9 cm³/mol. The molecular weight excluding hydrogens is 278 g/mol. The van der Waals surface area contributed by atoms with Crippen LogP contribution in [-0.2, 0) is 16.1 Å². The quantitative estimate of drug-likeness (QED) is 0.395. The fraction of sp³-hybridized carbons (Fsp3) is 0.538. The summed E-state index contributed by atoms with van der Waals surface area (Å²) in [7, 11) is 0. The molecule has 0 radical (unpaired) electrons. The van der Waals surface area contributed by atoms with Gasteiger partial charge in [-0.25, -0.2) is 0 Å². The highest BCUT2D eigenvalue weighted by atomic mass is 16.6. The molecule has 0 spiro atoms. The molecule has 0 aliphatic carbocycles. The average molecular weight is 295 g/mol. The monoisotopic (exact) mass is 295 g/mol. The van der Waals surface area contributed by atoms with E-state index < -0.39 is 30.6 Å². The van der Waals surface area contributed by atoms with Gasteiger partial charge in [-0.15, -0.1) is 0 Å². The first kappa shape index (κ1) is 15.7. The number of nitrogens with zero attached hydrogens (tertiary/aromatic N) is 3. The molecule has 1 aromatic carbocycles. The molecule has 1 aromatic rings. The van der Waals surface area contributed by atoms with Crippen LogP contribution in [0.15, 0.2) is 35.4 Å². The van der Waals surface area contributed by atoms with Gasteiger partial charge in [-0.05, 0) is 11.1 Å². The van der Waals surface area contributed by atoms with E-state index in [0.29, 0.717) is 6.61 Å². The Morgan fingerprint density at radius 1 is 1.33 bits per heavy atom. The molecular formula is C13H17N3O5. The van der Waals surface area contributed by atoms with Gasteiger partial charge in [0.05, 0.1) is 19.3 Å². The number of hydrogen-bond acceptors (Lipinski definition) is 6. The molecule has 0 amide bonds. The molecule has 114 valence electrons. The Balaban J connectivity index is 1.87. The molecule has 2 unspecified atom stereocenters. The summed E-state index contributed by atoms with van der Waals surface area (Å²) in [5, 5.41) is 32.4. The van der Waals surface area contributed by atoms with Gasteiger partial charge in [0.25, 0.3) is 0 Å². The van der Waals surface area contributed by atoms with Crippen LogP contribution in [0.25, 0.3) is 10.4 Å². The van der Waals surface area contributed by atoms with Gasteiger partial charge < -0.3 is 24.8 Å². The Labute approximate surface area is 121 Å². The van der Waals surface area contributed by atoms with Gasteiger partial charge in [-0.1, -0.05) is 35.4 Å². The van der Waals surface area contributed by atoms with E-state index in [2.05, 4.69) is 10.0 Å². The second-order valence-corrected chi connectivity index (χ2v) is 4.75. The van der Waals surface area contributed by atoms with Gasteiger partial charge in [0.1, 0.15) is 18.3 Å². The molecule has 1 heterocycles. The maximum absolute atomic E-state index is 10.0. The molecule has 5 atom stereocenters. The van der Waals surface area contributed by atoms with Crippen LogP contribution in [0.4, 0.5) is 0 Å². The molecule has 1 saturated heterocycles. The zero-order valence-corrected chi connectivity index (χ0v) is 11.2. The average Bonchev–Trinajstić information content (AvgIpc) is 2.77. The van der Waals surface area contributed by atoms with E-state index in [1.54, 1.807) is 0 Å². The van der Waals surface area contributed by atoms with E-state index in [1.807, 2.05) is 30.3 Å². The Morgan fingerprint density at radius 2 is 2.05 bits per heavy atom. The molecule has 3 N–H and O–H groups in total. The maximum Gasteiger partial charge on any atom is 0.181 e. The lowest BCUT2D eigenvalue weighted by Gasteiger charge is -2.21. The highest BCUT2D eigenvalue weighted by Crippen LogP contribution is 2.25. The minimum Gasteiger partial charge on any atom is -0.388 e. The molecule has 1 aliphatic rings. The van der Waals surface area contributed by atoms with Gasteiger partial charge in [0, 0.05) is 4.91 Å². The Bertz CT molecular complexity index is 494. The molecule has 8 heteroatoms. The number of benzene rings is 1. The van der Waals surface area contributed by atoms with Crippen LogP contribution in [0, 0.1) is 0 Å². The van der Waals surface area contributed by atoms with Crippen LogP contribution in [0.1, 0.15) is 5.56 Å². The number of ether oxygens (including phenoxy) is 2. The van der Waals surface area contributed by atoms with Crippen LogP contribution in [0.3, 0.4) is 0 Å². The lowest BCUT2D eigenvalue weighted by atomic mass is 10.0. The van der Waals surface area contributed by atoms with Crippen LogP contribution in [0.2, 0.25) is 0 Å². The number of hydrogen-bond donors (Lipinski definition) is 3. The van der Waals surface area contributed by atoms with E-state index in [4.69, 9.17) is 15.0 Å². The molecule has 8 nitrogen and oxygen atoms in total. The lowest BCUT2D eigenvalue weighted by Crippen LogP contribution is -2.39. The van der Waals surface area contributed by atoms with E-state index >= 15 is 0 Å². The zero-order valence-electron chi connectivity index (χ0n) is 11.2. The lowest BCUT2D eigenvalue weighted by molar-refractivity contribution is -0.152. The molecule has 1 aliphatic heterocycles. The van der Waals surface area contributed by atoms with E-state index in [0.717, 1.165) is 5.56 Å². The van der Waals surface area contributed by atoms with Crippen LogP contribution >= 0.6 is 0 Å². The largest absolute Gasteiger partial charge is 0.388 e. The number of azide groups is 1. The van der Waals surface area contributed by atoms with Gasteiger partial charge in [0.15, 0.2) is 6.29 Å². The summed E-state index contributed by atoms with van der Waals surface area (Å²) in [5.41, 5.74) is 9.40. The summed E-state index contributed by atoms with van der Waals surface area (Å²) >= 11 is 0. The molecule has 0 aromatic heterocycles. The standard InChI is InChI=1S/C13H17N3O5/c14-16-15-10-11(18)13(19)21-12(10)9(17)7-20-6-8-4-2-1-3-5-8/h1-5,9-13,17-19H,6-7H2/t9?,10?,11-,12+,13+/m0/s1. The minimum atomic E-state index is -1.49. The summed E-state index contributed by atoms with van der Waals surface area (Å²) < 4.78 is 10.4. The van der Waals surface area contributed by atoms with Crippen molar-refractivity contribution in [2.24, 2.45) is 5.11 Å². The van der Waals surface area contributed by atoms with Crippen molar-refractivity contribution < 1.29 is 24.8 Å². The fourth-order valence-electron chi connectivity index (χ4n) is 2.16. The van der Waals surface area contributed by atoms with Gasteiger partial charge in [0.2, 0.25) is 0 Å². The molecule has 0 bridgehead atoms. The molecule has 2 rings (SSSR count). The first-order chi connectivity index (χ1) is 10.1. The maximum atomic E-state index is 10.0. The third-order valence-electron chi connectivity index (χ3n) is 3.24.